The second-order valence-electron chi connectivity index (χ2n) is 8.56. The molecule has 5 nitrogen and oxygen atoms in total. The van der Waals surface area contributed by atoms with Crippen molar-refractivity contribution in [2.24, 2.45) is 0 Å². The molecule has 0 radical (unpaired) electrons. The first-order valence-electron chi connectivity index (χ1n) is 11.7. The summed E-state index contributed by atoms with van der Waals surface area (Å²) in [6, 6.07) is 18.0. The van der Waals surface area contributed by atoms with Crippen molar-refractivity contribution in [3.05, 3.63) is 100 Å². The molecule has 0 fully saturated rings. The van der Waals surface area contributed by atoms with E-state index in [2.05, 4.69) is 0 Å². The summed E-state index contributed by atoms with van der Waals surface area (Å²) in [6.07, 6.45) is 5.57. The van der Waals surface area contributed by atoms with Crippen molar-refractivity contribution in [1.82, 2.24) is 4.90 Å². The number of halogens is 1. The summed E-state index contributed by atoms with van der Waals surface area (Å²) >= 11 is 6.43. The van der Waals surface area contributed by atoms with Crippen LogP contribution in [-0.2, 0) is 17.9 Å². The maximum atomic E-state index is 10.9. The van der Waals surface area contributed by atoms with Crippen LogP contribution in [0.15, 0.2) is 89.2 Å². The van der Waals surface area contributed by atoms with E-state index < -0.39 is 6.10 Å². The van der Waals surface area contributed by atoms with E-state index >= 15 is 0 Å². The molecule has 2 N–H and O–H groups in total. The molecule has 0 spiro atoms. The second-order valence-corrected chi connectivity index (χ2v) is 8.97. The minimum absolute atomic E-state index is 0.00850. The van der Waals surface area contributed by atoms with Gasteiger partial charge in [0.05, 0.1) is 23.8 Å². The summed E-state index contributed by atoms with van der Waals surface area (Å²) in [6.45, 7) is 5.86. The molecule has 2 aromatic rings. The Morgan fingerprint density at radius 2 is 1.74 bits per heavy atom. The van der Waals surface area contributed by atoms with Gasteiger partial charge in [-0.3, -0.25) is 4.90 Å². The van der Waals surface area contributed by atoms with Gasteiger partial charge in [0.25, 0.3) is 0 Å². The monoisotopic (exact) mass is 483 g/mol. The molecule has 34 heavy (non-hydrogen) atoms. The normalized spacial score (nSPS) is 14.9. The molecule has 0 saturated heterocycles. The maximum absolute atomic E-state index is 10.9. The Morgan fingerprint density at radius 1 is 1.00 bits per heavy atom. The third kappa shape index (κ3) is 8.33. The van der Waals surface area contributed by atoms with Crippen molar-refractivity contribution in [3.63, 3.8) is 0 Å². The van der Waals surface area contributed by atoms with Gasteiger partial charge in [0.2, 0.25) is 0 Å². The highest BCUT2D eigenvalue weighted by Gasteiger charge is 2.18. The molecule has 0 aromatic heterocycles. The van der Waals surface area contributed by atoms with Crippen LogP contribution in [0.25, 0.3) is 0 Å². The first-order chi connectivity index (χ1) is 16.4. The number of aliphatic hydroxyl groups is 2. The molecule has 182 valence electrons. The van der Waals surface area contributed by atoms with Gasteiger partial charge >= 0.3 is 0 Å². The van der Waals surface area contributed by atoms with E-state index in [-0.39, 0.29) is 12.7 Å². The Balaban J connectivity index is 1.57. The van der Waals surface area contributed by atoms with Gasteiger partial charge in [-0.2, -0.15) is 0 Å². The van der Waals surface area contributed by atoms with Crippen molar-refractivity contribution < 1.29 is 19.7 Å². The van der Waals surface area contributed by atoms with Crippen LogP contribution >= 0.6 is 11.6 Å². The summed E-state index contributed by atoms with van der Waals surface area (Å²) < 4.78 is 11.6. The van der Waals surface area contributed by atoms with Crippen molar-refractivity contribution in [1.29, 1.82) is 0 Å². The molecule has 1 unspecified atom stereocenters. The number of aliphatic hydroxyl groups excluding tert-OH is 2. The minimum atomic E-state index is -0.736. The molecule has 0 aliphatic heterocycles. The quantitative estimate of drug-likeness (QED) is 0.435. The standard InChI is InChI=1S/C28H34ClNO4/c1-21(2)34-28-10-6-9-24(17-26(28)29)27(32)19-30(15-16-31)18-22-11-13-25(14-12-22)33-20-23-7-4-3-5-8-23/h3-5,7-14,17,21,27,31-32H,6,15-16,18-20H2,1-2H3. The Kier molecular flexibility index (Phi) is 10.2. The zero-order valence-electron chi connectivity index (χ0n) is 19.9. The molecule has 0 saturated carbocycles. The highest BCUT2D eigenvalue weighted by atomic mass is 35.5. The Morgan fingerprint density at radius 3 is 2.41 bits per heavy atom. The van der Waals surface area contributed by atoms with E-state index in [4.69, 9.17) is 21.1 Å². The zero-order valence-corrected chi connectivity index (χ0v) is 20.6. The van der Waals surface area contributed by atoms with Crippen LogP contribution in [0.5, 0.6) is 5.75 Å². The van der Waals surface area contributed by atoms with Gasteiger partial charge in [0.1, 0.15) is 18.1 Å². The van der Waals surface area contributed by atoms with Crippen LogP contribution < -0.4 is 4.74 Å². The van der Waals surface area contributed by atoms with Crippen LogP contribution in [0.2, 0.25) is 0 Å². The van der Waals surface area contributed by atoms with E-state index in [9.17, 15) is 10.2 Å². The van der Waals surface area contributed by atoms with Gasteiger partial charge in [0.15, 0.2) is 0 Å². The SMILES string of the molecule is CC(C)OC1=CCC=C(C(O)CN(CCO)Cc2ccc(OCc3ccccc3)cc2)C=C1Cl. The van der Waals surface area contributed by atoms with Gasteiger partial charge < -0.3 is 19.7 Å². The van der Waals surface area contributed by atoms with Gasteiger partial charge in [-0.25, -0.2) is 0 Å². The smallest absolute Gasteiger partial charge is 0.134 e. The molecule has 3 rings (SSSR count). The summed E-state index contributed by atoms with van der Waals surface area (Å²) in [7, 11) is 0. The van der Waals surface area contributed by atoms with E-state index in [0.717, 1.165) is 22.4 Å². The molecule has 1 atom stereocenters. The lowest BCUT2D eigenvalue weighted by atomic mass is 10.1. The zero-order chi connectivity index (χ0) is 24.3. The fraction of sp³-hybridized carbons (Fsp3) is 0.357. The number of ether oxygens (including phenoxy) is 2. The van der Waals surface area contributed by atoms with Crippen LogP contribution in [-0.4, -0.2) is 47.0 Å². The second kappa shape index (κ2) is 13.4. The van der Waals surface area contributed by atoms with Crippen molar-refractivity contribution in [3.8, 4) is 5.75 Å². The lowest BCUT2D eigenvalue weighted by Gasteiger charge is -2.25. The first kappa shape index (κ1) is 26.0. The van der Waals surface area contributed by atoms with Crippen molar-refractivity contribution >= 4 is 11.6 Å². The van der Waals surface area contributed by atoms with E-state index in [1.54, 1.807) is 6.08 Å². The lowest BCUT2D eigenvalue weighted by Crippen LogP contribution is -2.35. The van der Waals surface area contributed by atoms with Crippen molar-refractivity contribution in [2.45, 2.75) is 45.6 Å². The number of benzene rings is 2. The lowest BCUT2D eigenvalue weighted by molar-refractivity contribution is 0.118. The molecule has 1 aliphatic carbocycles. The largest absolute Gasteiger partial charge is 0.490 e. The summed E-state index contributed by atoms with van der Waals surface area (Å²) in [4.78, 5) is 2.02. The van der Waals surface area contributed by atoms with Crippen molar-refractivity contribution in [2.75, 3.05) is 19.7 Å². The summed E-state index contributed by atoms with van der Waals surface area (Å²) in [5, 5.41) is 20.9. The average molecular weight is 484 g/mol. The Hall–Kier alpha value is -2.57. The minimum Gasteiger partial charge on any atom is -0.490 e. The topological polar surface area (TPSA) is 62.2 Å². The average Bonchev–Trinajstić information content (AvgIpc) is 3.00. The predicted octanol–water partition coefficient (Wildman–Crippen LogP) is 5.18. The Bertz CT molecular complexity index is 983. The molecule has 6 heteroatoms. The number of hydrogen-bond donors (Lipinski definition) is 2. The fourth-order valence-electron chi connectivity index (χ4n) is 3.68. The maximum Gasteiger partial charge on any atom is 0.134 e. The van der Waals surface area contributed by atoms with Gasteiger partial charge in [0, 0.05) is 19.6 Å². The van der Waals surface area contributed by atoms with Gasteiger partial charge in [-0.1, -0.05) is 60.1 Å². The fourth-order valence-corrected chi connectivity index (χ4v) is 3.93. The van der Waals surface area contributed by atoms with Crippen LogP contribution in [0.1, 0.15) is 31.4 Å². The molecular formula is C28H34ClNO4. The third-order valence-corrected chi connectivity index (χ3v) is 5.65. The molecule has 1 aliphatic rings. The molecule has 0 heterocycles. The van der Waals surface area contributed by atoms with Crippen LogP contribution in [0.4, 0.5) is 0 Å². The molecule has 2 aromatic carbocycles. The highest BCUT2D eigenvalue weighted by molar-refractivity contribution is 6.32. The number of hydrogen-bond acceptors (Lipinski definition) is 5. The number of rotatable bonds is 12. The molecule has 0 amide bonds. The third-order valence-electron chi connectivity index (χ3n) is 5.36. The summed E-state index contributed by atoms with van der Waals surface area (Å²) in [5.74, 6) is 1.44. The summed E-state index contributed by atoms with van der Waals surface area (Å²) in [5.41, 5.74) is 2.94. The predicted molar refractivity (Wildman–Crippen MR) is 137 cm³/mol. The van der Waals surface area contributed by atoms with E-state index in [1.165, 1.54) is 0 Å². The highest BCUT2D eigenvalue weighted by Crippen LogP contribution is 2.26. The molecule has 0 bridgehead atoms. The van der Waals surface area contributed by atoms with E-state index in [1.807, 2.05) is 85.5 Å². The first-order valence-corrected chi connectivity index (χ1v) is 12.0. The van der Waals surface area contributed by atoms with Gasteiger partial charge in [-0.15, -0.1) is 0 Å². The number of allylic oxidation sites excluding steroid dienone is 3. The molecular weight excluding hydrogens is 450 g/mol. The van der Waals surface area contributed by atoms with Crippen LogP contribution in [0, 0.1) is 0 Å². The van der Waals surface area contributed by atoms with E-state index in [0.29, 0.717) is 43.5 Å². The Labute approximate surface area is 207 Å². The van der Waals surface area contributed by atoms with Crippen LogP contribution in [0.3, 0.4) is 0 Å². The van der Waals surface area contributed by atoms with Gasteiger partial charge in [-0.05, 0) is 61.3 Å². The number of nitrogens with zero attached hydrogens (tertiary/aromatic N) is 1.